The van der Waals surface area contributed by atoms with E-state index in [2.05, 4.69) is 22.5 Å². The molecule has 1 rings (SSSR count). The van der Waals surface area contributed by atoms with Crippen LogP contribution < -0.4 is 16.4 Å². The standard InChI is InChI=1S/C19H34N4O2.HI/c1-3-5-6-7-8-9-10-11-14-22-19(21-4-2)23-15-16-12-13-17(25-16)18(20)24;/h12-13H,3-11,14-15H2,1-2H3,(H2,20,24)(H2,21,22,23);1H. The van der Waals surface area contributed by atoms with Gasteiger partial charge in [0.25, 0.3) is 5.91 Å². The minimum atomic E-state index is -0.560. The zero-order chi connectivity index (χ0) is 18.3. The Bertz CT molecular complexity index is 517. The zero-order valence-electron chi connectivity index (χ0n) is 16.2. The number of nitrogens with two attached hydrogens (primary N) is 1. The SMILES string of the molecule is CCCCCCCCCCNC(=NCc1ccc(C(N)=O)o1)NCC.I. The second kappa shape index (κ2) is 16.0. The third-order valence-electron chi connectivity index (χ3n) is 3.96. The Kier molecular flexibility index (Phi) is 15.2. The second-order valence-electron chi connectivity index (χ2n) is 6.23. The predicted molar refractivity (Wildman–Crippen MR) is 118 cm³/mol. The molecule has 1 amide bonds. The monoisotopic (exact) mass is 478 g/mol. The molecule has 6 nitrogen and oxygen atoms in total. The summed E-state index contributed by atoms with van der Waals surface area (Å²) in [6, 6.07) is 3.31. The van der Waals surface area contributed by atoms with Crippen molar-refractivity contribution in [2.24, 2.45) is 10.7 Å². The van der Waals surface area contributed by atoms with Crippen LogP contribution in [0.15, 0.2) is 21.5 Å². The van der Waals surface area contributed by atoms with Gasteiger partial charge in [-0.2, -0.15) is 0 Å². The van der Waals surface area contributed by atoms with Crippen molar-refractivity contribution in [1.82, 2.24) is 10.6 Å². The molecule has 7 heteroatoms. The van der Waals surface area contributed by atoms with Gasteiger partial charge in [-0.1, -0.05) is 51.9 Å². The van der Waals surface area contributed by atoms with Crippen LogP contribution in [-0.4, -0.2) is 25.0 Å². The summed E-state index contributed by atoms with van der Waals surface area (Å²) >= 11 is 0. The Hall–Kier alpha value is -1.25. The average molecular weight is 478 g/mol. The molecule has 1 aromatic heterocycles. The molecule has 0 aromatic carbocycles. The van der Waals surface area contributed by atoms with E-state index in [9.17, 15) is 4.79 Å². The van der Waals surface area contributed by atoms with Crippen molar-refractivity contribution >= 4 is 35.8 Å². The smallest absolute Gasteiger partial charge is 0.284 e. The first-order chi connectivity index (χ1) is 12.2. The van der Waals surface area contributed by atoms with Crippen LogP contribution in [0.3, 0.4) is 0 Å². The molecule has 0 saturated heterocycles. The molecule has 4 N–H and O–H groups in total. The number of carbonyl (C=O) groups is 1. The van der Waals surface area contributed by atoms with E-state index in [0.29, 0.717) is 12.3 Å². The highest BCUT2D eigenvalue weighted by Crippen LogP contribution is 2.09. The van der Waals surface area contributed by atoms with E-state index in [1.807, 2.05) is 6.92 Å². The highest BCUT2D eigenvalue weighted by atomic mass is 127. The number of nitrogens with zero attached hydrogens (tertiary/aromatic N) is 1. The van der Waals surface area contributed by atoms with Gasteiger partial charge in [0.05, 0.1) is 0 Å². The molecule has 0 atom stereocenters. The topological polar surface area (TPSA) is 92.6 Å². The molecule has 26 heavy (non-hydrogen) atoms. The van der Waals surface area contributed by atoms with Crippen molar-refractivity contribution in [3.8, 4) is 0 Å². The Morgan fingerprint density at radius 1 is 1.04 bits per heavy atom. The highest BCUT2D eigenvalue weighted by Gasteiger charge is 2.06. The van der Waals surface area contributed by atoms with E-state index in [1.165, 1.54) is 44.9 Å². The van der Waals surface area contributed by atoms with Crippen molar-refractivity contribution in [1.29, 1.82) is 0 Å². The van der Waals surface area contributed by atoms with Gasteiger partial charge in [-0.15, -0.1) is 24.0 Å². The van der Waals surface area contributed by atoms with Crippen LogP contribution in [0.25, 0.3) is 0 Å². The lowest BCUT2D eigenvalue weighted by Crippen LogP contribution is -2.37. The average Bonchev–Trinajstić information content (AvgIpc) is 3.07. The number of primary amides is 1. The number of hydrogen-bond acceptors (Lipinski definition) is 3. The Balaban J connectivity index is 0.00000625. The van der Waals surface area contributed by atoms with Crippen LogP contribution >= 0.6 is 24.0 Å². The Labute approximate surface area is 174 Å². The van der Waals surface area contributed by atoms with Gasteiger partial charge >= 0.3 is 0 Å². The van der Waals surface area contributed by atoms with E-state index >= 15 is 0 Å². The van der Waals surface area contributed by atoms with Gasteiger partial charge in [0.1, 0.15) is 12.3 Å². The maximum absolute atomic E-state index is 11.0. The van der Waals surface area contributed by atoms with Gasteiger partial charge in [-0.25, -0.2) is 4.99 Å². The molecule has 150 valence electrons. The summed E-state index contributed by atoms with van der Waals surface area (Å²) in [6.07, 6.45) is 10.4. The first-order valence-electron chi connectivity index (χ1n) is 9.58. The maximum Gasteiger partial charge on any atom is 0.284 e. The van der Waals surface area contributed by atoms with Crippen LogP contribution in [0.4, 0.5) is 0 Å². The molecular weight excluding hydrogens is 443 g/mol. The summed E-state index contributed by atoms with van der Waals surface area (Å²) in [6.45, 7) is 6.36. The molecule has 0 bridgehead atoms. The third-order valence-corrected chi connectivity index (χ3v) is 3.96. The largest absolute Gasteiger partial charge is 0.454 e. The number of rotatable bonds is 13. The number of amides is 1. The van der Waals surface area contributed by atoms with Crippen LogP contribution in [-0.2, 0) is 6.54 Å². The van der Waals surface area contributed by atoms with Crippen LogP contribution in [0.1, 0.15) is 81.5 Å². The fourth-order valence-electron chi connectivity index (χ4n) is 2.56. The Morgan fingerprint density at radius 2 is 1.69 bits per heavy atom. The summed E-state index contributed by atoms with van der Waals surface area (Å²) < 4.78 is 5.33. The van der Waals surface area contributed by atoms with Crippen molar-refractivity contribution < 1.29 is 9.21 Å². The lowest BCUT2D eigenvalue weighted by Gasteiger charge is -2.10. The van der Waals surface area contributed by atoms with Crippen molar-refractivity contribution in [2.75, 3.05) is 13.1 Å². The molecule has 0 saturated carbocycles. The van der Waals surface area contributed by atoms with Crippen molar-refractivity contribution in [3.05, 3.63) is 23.7 Å². The van der Waals surface area contributed by atoms with Crippen LogP contribution in [0.2, 0.25) is 0 Å². The van der Waals surface area contributed by atoms with E-state index in [-0.39, 0.29) is 29.7 Å². The number of nitrogens with one attached hydrogen (secondary N) is 2. The molecule has 1 aromatic rings. The molecule has 1 heterocycles. The summed E-state index contributed by atoms with van der Waals surface area (Å²) in [7, 11) is 0. The predicted octanol–water partition coefficient (Wildman–Crippen LogP) is 4.19. The molecule has 0 aliphatic rings. The van der Waals surface area contributed by atoms with Crippen molar-refractivity contribution in [2.45, 2.75) is 71.8 Å². The minimum Gasteiger partial charge on any atom is -0.454 e. The second-order valence-corrected chi connectivity index (χ2v) is 6.23. The number of guanidine groups is 1. The summed E-state index contributed by atoms with van der Waals surface area (Å²) in [4.78, 5) is 15.5. The molecule has 0 aliphatic carbocycles. The maximum atomic E-state index is 11.0. The zero-order valence-corrected chi connectivity index (χ0v) is 18.5. The van der Waals surface area contributed by atoms with E-state index in [0.717, 1.165) is 25.5 Å². The molecular formula is C19H35IN4O2. The Morgan fingerprint density at radius 3 is 2.27 bits per heavy atom. The first kappa shape index (κ1) is 24.8. The minimum absolute atomic E-state index is 0. The lowest BCUT2D eigenvalue weighted by atomic mass is 10.1. The number of halogens is 1. The van der Waals surface area contributed by atoms with Gasteiger partial charge in [-0.3, -0.25) is 4.79 Å². The summed E-state index contributed by atoms with van der Waals surface area (Å²) in [5, 5.41) is 6.55. The van der Waals surface area contributed by atoms with Crippen LogP contribution in [0.5, 0.6) is 0 Å². The first-order valence-corrected chi connectivity index (χ1v) is 9.58. The van der Waals surface area contributed by atoms with Gasteiger partial charge in [-0.05, 0) is 25.5 Å². The highest BCUT2D eigenvalue weighted by molar-refractivity contribution is 14.0. The molecule has 0 unspecified atom stereocenters. The van der Waals surface area contributed by atoms with Crippen molar-refractivity contribution in [3.63, 3.8) is 0 Å². The number of carbonyl (C=O) groups excluding carboxylic acids is 1. The molecule has 0 spiro atoms. The van der Waals surface area contributed by atoms with E-state index < -0.39 is 5.91 Å². The van der Waals surface area contributed by atoms with Gasteiger partial charge in [0, 0.05) is 13.1 Å². The number of aliphatic imine (C=N–C) groups is 1. The quantitative estimate of drug-likeness (QED) is 0.172. The van der Waals surface area contributed by atoms with Gasteiger partial charge < -0.3 is 20.8 Å². The number of unbranched alkanes of at least 4 members (excludes halogenated alkanes) is 7. The normalized spacial score (nSPS) is 11.1. The molecule has 0 fully saturated rings. The summed E-state index contributed by atoms with van der Waals surface area (Å²) in [5.41, 5.74) is 5.18. The van der Waals surface area contributed by atoms with E-state index in [4.69, 9.17) is 10.2 Å². The van der Waals surface area contributed by atoms with Crippen LogP contribution in [0, 0.1) is 0 Å². The number of furan rings is 1. The third kappa shape index (κ3) is 11.4. The van der Waals surface area contributed by atoms with Gasteiger partial charge in [0.15, 0.2) is 11.7 Å². The molecule has 0 radical (unpaired) electrons. The van der Waals surface area contributed by atoms with E-state index in [1.54, 1.807) is 12.1 Å². The fraction of sp³-hybridized carbons (Fsp3) is 0.684. The lowest BCUT2D eigenvalue weighted by molar-refractivity contribution is 0.0972. The summed E-state index contributed by atoms with van der Waals surface area (Å²) in [5.74, 6) is 0.998. The van der Waals surface area contributed by atoms with Gasteiger partial charge in [0.2, 0.25) is 0 Å². The molecule has 0 aliphatic heterocycles. The number of hydrogen-bond donors (Lipinski definition) is 3. The fourth-order valence-corrected chi connectivity index (χ4v) is 2.56.